The Bertz CT molecular complexity index is 732. The first-order chi connectivity index (χ1) is 11.9. The van der Waals surface area contributed by atoms with Crippen LogP contribution >= 0.6 is 22.6 Å². The third-order valence-corrected chi connectivity index (χ3v) is 4.42. The zero-order chi connectivity index (χ0) is 18.2. The Morgan fingerprint density at radius 2 is 1.84 bits per heavy atom. The van der Waals surface area contributed by atoms with Crippen molar-refractivity contribution in [2.75, 3.05) is 0 Å². The minimum absolute atomic E-state index is 0.154. The summed E-state index contributed by atoms with van der Waals surface area (Å²) in [7, 11) is 0. The molecular formula is C19H21IN2O3. The van der Waals surface area contributed by atoms with Crippen molar-refractivity contribution in [3.05, 3.63) is 63.2 Å². The number of aromatic hydroxyl groups is 1. The van der Waals surface area contributed by atoms with Crippen LogP contribution in [0, 0.1) is 3.57 Å². The molecule has 0 bridgehead atoms. The normalized spacial score (nSPS) is 11.6. The summed E-state index contributed by atoms with van der Waals surface area (Å²) >= 11 is 2.24. The monoisotopic (exact) mass is 452 g/mol. The number of carbonyl (C=O) groups excluding carboxylic acids is 2. The molecule has 0 radical (unpaired) electrons. The highest BCUT2D eigenvalue weighted by molar-refractivity contribution is 14.1. The summed E-state index contributed by atoms with van der Waals surface area (Å²) < 4.78 is 1.16. The van der Waals surface area contributed by atoms with E-state index in [1.165, 1.54) is 0 Å². The molecule has 1 atom stereocenters. The van der Waals surface area contributed by atoms with Gasteiger partial charge in [0.15, 0.2) is 0 Å². The van der Waals surface area contributed by atoms with Gasteiger partial charge in [-0.1, -0.05) is 24.3 Å². The second-order valence-electron chi connectivity index (χ2n) is 5.80. The van der Waals surface area contributed by atoms with Gasteiger partial charge in [-0.3, -0.25) is 9.59 Å². The first kappa shape index (κ1) is 19.2. The lowest BCUT2D eigenvalue weighted by Crippen LogP contribution is -2.44. The number of rotatable bonds is 7. The summed E-state index contributed by atoms with van der Waals surface area (Å²) in [5, 5.41) is 14.9. The molecule has 25 heavy (non-hydrogen) atoms. The summed E-state index contributed by atoms with van der Waals surface area (Å²) in [6.45, 7) is 1.96. The molecule has 0 aliphatic rings. The third-order valence-electron chi connectivity index (χ3n) is 3.70. The van der Waals surface area contributed by atoms with E-state index < -0.39 is 6.04 Å². The minimum Gasteiger partial charge on any atom is -0.508 e. The van der Waals surface area contributed by atoms with Gasteiger partial charge in [0.25, 0.3) is 0 Å². The Morgan fingerprint density at radius 1 is 1.12 bits per heavy atom. The van der Waals surface area contributed by atoms with Crippen LogP contribution in [0.4, 0.5) is 0 Å². The maximum absolute atomic E-state index is 12.1. The largest absolute Gasteiger partial charge is 0.508 e. The highest BCUT2D eigenvalue weighted by atomic mass is 127. The van der Waals surface area contributed by atoms with Crippen molar-refractivity contribution in [1.82, 2.24) is 10.6 Å². The average Bonchev–Trinajstić information content (AvgIpc) is 2.59. The number of benzene rings is 2. The van der Waals surface area contributed by atoms with Gasteiger partial charge in [0.2, 0.25) is 11.8 Å². The van der Waals surface area contributed by atoms with Crippen LogP contribution in [-0.2, 0) is 22.6 Å². The van der Waals surface area contributed by atoms with Crippen LogP contribution in [-0.4, -0.2) is 23.0 Å². The molecule has 132 valence electrons. The number of halogens is 1. The van der Waals surface area contributed by atoms with Crippen LogP contribution in [0.3, 0.4) is 0 Å². The van der Waals surface area contributed by atoms with Gasteiger partial charge in [0, 0.05) is 16.5 Å². The van der Waals surface area contributed by atoms with E-state index in [0.29, 0.717) is 19.4 Å². The summed E-state index contributed by atoms with van der Waals surface area (Å²) in [5.74, 6) is -0.256. The molecular weight excluding hydrogens is 431 g/mol. The van der Waals surface area contributed by atoms with Crippen LogP contribution in [0.25, 0.3) is 0 Å². The summed E-state index contributed by atoms with van der Waals surface area (Å²) in [4.78, 5) is 24.1. The molecule has 3 N–H and O–H groups in total. The van der Waals surface area contributed by atoms with Crippen LogP contribution in [0.5, 0.6) is 5.75 Å². The van der Waals surface area contributed by atoms with Crippen molar-refractivity contribution in [2.45, 2.75) is 32.4 Å². The Kier molecular flexibility index (Phi) is 7.24. The zero-order valence-electron chi connectivity index (χ0n) is 14.0. The highest BCUT2D eigenvalue weighted by Gasteiger charge is 2.15. The number of hydrogen-bond acceptors (Lipinski definition) is 3. The van der Waals surface area contributed by atoms with Crippen molar-refractivity contribution in [1.29, 1.82) is 0 Å². The van der Waals surface area contributed by atoms with E-state index in [9.17, 15) is 14.7 Å². The Morgan fingerprint density at radius 3 is 2.52 bits per heavy atom. The molecule has 2 rings (SSSR count). The van der Waals surface area contributed by atoms with Crippen molar-refractivity contribution < 1.29 is 14.7 Å². The van der Waals surface area contributed by atoms with Gasteiger partial charge < -0.3 is 15.7 Å². The number of nitrogens with one attached hydrogen (secondary N) is 2. The number of amides is 2. The molecule has 0 unspecified atom stereocenters. The molecule has 0 aromatic heterocycles. The SMILES string of the molecule is C[C@H](NC(=O)CCc1ccc(I)cc1)C(=O)NCc1cccc(O)c1. The lowest BCUT2D eigenvalue weighted by atomic mass is 10.1. The molecule has 5 nitrogen and oxygen atoms in total. The smallest absolute Gasteiger partial charge is 0.242 e. The molecule has 6 heteroatoms. The van der Waals surface area contributed by atoms with Gasteiger partial charge in [-0.15, -0.1) is 0 Å². The third kappa shape index (κ3) is 6.74. The molecule has 0 saturated carbocycles. The second-order valence-corrected chi connectivity index (χ2v) is 7.05. The van der Waals surface area contributed by atoms with E-state index in [4.69, 9.17) is 0 Å². The number of aryl methyl sites for hydroxylation is 1. The molecule has 0 aliphatic carbocycles. The van der Waals surface area contributed by atoms with Crippen molar-refractivity contribution in [3.63, 3.8) is 0 Å². The maximum Gasteiger partial charge on any atom is 0.242 e. The van der Waals surface area contributed by atoms with E-state index in [-0.39, 0.29) is 17.6 Å². The van der Waals surface area contributed by atoms with Crippen molar-refractivity contribution >= 4 is 34.4 Å². The van der Waals surface area contributed by atoms with Crippen LogP contribution < -0.4 is 10.6 Å². The lowest BCUT2D eigenvalue weighted by molar-refractivity contribution is -0.128. The van der Waals surface area contributed by atoms with E-state index in [2.05, 4.69) is 33.2 Å². The van der Waals surface area contributed by atoms with Crippen molar-refractivity contribution in [2.24, 2.45) is 0 Å². The van der Waals surface area contributed by atoms with Gasteiger partial charge in [-0.25, -0.2) is 0 Å². The number of carbonyl (C=O) groups is 2. The average molecular weight is 452 g/mol. The maximum atomic E-state index is 12.1. The summed E-state index contributed by atoms with van der Waals surface area (Å²) in [6, 6.07) is 14.1. The predicted molar refractivity (Wildman–Crippen MR) is 105 cm³/mol. The van der Waals surface area contributed by atoms with Crippen LogP contribution in [0.1, 0.15) is 24.5 Å². The summed E-state index contributed by atoms with van der Waals surface area (Å²) in [6.07, 6.45) is 0.977. The fourth-order valence-corrected chi connectivity index (χ4v) is 2.66. The molecule has 0 spiro atoms. The number of phenolic OH excluding ortho intramolecular Hbond substituents is 1. The summed E-state index contributed by atoms with van der Waals surface area (Å²) in [5.41, 5.74) is 1.89. The molecule has 2 aromatic carbocycles. The molecule has 2 amide bonds. The van der Waals surface area contributed by atoms with Gasteiger partial charge in [-0.2, -0.15) is 0 Å². The zero-order valence-corrected chi connectivity index (χ0v) is 16.1. The van der Waals surface area contributed by atoms with Crippen LogP contribution in [0.15, 0.2) is 48.5 Å². The fraction of sp³-hybridized carbons (Fsp3) is 0.263. The molecule has 0 aliphatic heterocycles. The van der Waals surface area contributed by atoms with E-state index >= 15 is 0 Å². The standard InChI is InChI=1S/C19H21IN2O3/c1-13(19(25)21-12-15-3-2-4-17(23)11-15)22-18(24)10-7-14-5-8-16(20)9-6-14/h2-6,8-9,11,13,23H,7,10,12H2,1H3,(H,21,25)(H,22,24)/t13-/m0/s1. The van der Waals surface area contributed by atoms with Gasteiger partial charge in [0.1, 0.15) is 11.8 Å². The van der Waals surface area contributed by atoms with Gasteiger partial charge >= 0.3 is 0 Å². The minimum atomic E-state index is -0.610. The Balaban J connectivity index is 1.74. The second kappa shape index (κ2) is 9.41. The topological polar surface area (TPSA) is 78.4 Å². The van der Waals surface area contributed by atoms with Crippen LogP contribution in [0.2, 0.25) is 0 Å². The first-order valence-electron chi connectivity index (χ1n) is 8.03. The van der Waals surface area contributed by atoms with E-state index in [0.717, 1.165) is 14.7 Å². The lowest BCUT2D eigenvalue weighted by Gasteiger charge is -2.14. The molecule has 0 saturated heterocycles. The van der Waals surface area contributed by atoms with Crippen molar-refractivity contribution in [3.8, 4) is 5.75 Å². The fourth-order valence-electron chi connectivity index (χ4n) is 2.30. The highest BCUT2D eigenvalue weighted by Crippen LogP contribution is 2.10. The Labute approximate surface area is 161 Å². The molecule has 0 fully saturated rings. The first-order valence-corrected chi connectivity index (χ1v) is 9.11. The molecule has 2 aromatic rings. The number of hydrogen-bond donors (Lipinski definition) is 3. The van der Waals surface area contributed by atoms with E-state index in [1.54, 1.807) is 25.1 Å². The predicted octanol–water partition coefficient (Wildman–Crippen LogP) is 2.75. The van der Waals surface area contributed by atoms with E-state index in [1.807, 2.05) is 30.3 Å². The number of phenols is 1. The van der Waals surface area contributed by atoms with Gasteiger partial charge in [-0.05, 0) is 71.3 Å². The quantitative estimate of drug-likeness (QED) is 0.566. The molecule has 0 heterocycles. The van der Waals surface area contributed by atoms with Gasteiger partial charge in [0.05, 0.1) is 0 Å². The Hall–Kier alpha value is -2.09.